The Morgan fingerprint density at radius 2 is 1.76 bits per heavy atom. The molecule has 0 aromatic heterocycles. The van der Waals surface area contributed by atoms with Gasteiger partial charge >= 0.3 is 12.6 Å². The number of halogens is 4. The lowest BCUT2D eigenvalue weighted by Crippen LogP contribution is -2.21. The molecule has 29 heavy (non-hydrogen) atoms. The second kappa shape index (κ2) is 10.1. The smallest absolute Gasteiger partial charge is 0.387 e. The second-order valence-electron chi connectivity index (χ2n) is 5.34. The van der Waals surface area contributed by atoms with Gasteiger partial charge in [0, 0.05) is 11.6 Å². The number of hydrogen-bond donors (Lipinski definition) is 1. The number of ether oxygens (including phenoxy) is 3. The Morgan fingerprint density at radius 1 is 1.10 bits per heavy atom. The van der Waals surface area contributed by atoms with Crippen molar-refractivity contribution >= 4 is 23.6 Å². The summed E-state index contributed by atoms with van der Waals surface area (Å²) in [6, 6.07) is 7.27. The number of para-hydroxylation sites is 2. The molecule has 0 bridgehead atoms. The van der Waals surface area contributed by atoms with E-state index >= 15 is 0 Å². The molecular formula is C19H15F4NO5. The summed E-state index contributed by atoms with van der Waals surface area (Å²) >= 11 is 0. The number of methoxy groups -OCH3 is 1. The predicted octanol–water partition coefficient (Wildman–Crippen LogP) is 3.77. The zero-order chi connectivity index (χ0) is 21.4. The first-order chi connectivity index (χ1) is 13.8. The van der Waals surface area contributed by atoms with E-state index in [1.165, 1.54) is 25.3 Å². The van der Waals surface area contributed by atoms with Crippen LogP contribution >= 0.6 is 0 Å². The molecule has 2 aromatic rings. The lowest BCUT2D eigenvalue weighted by Gasteiger charge is -2.12. The van der Waals surface area contributed by atoms with Crippen molar-refractivity contribution in [1.82, 2.24) is 0 Å². The first-order valence-corrected chi connectivity index (χ1v) is 8.02. The molecule has 2 aromatic carbocycles. The number of carbonyl (C=O) groups is 2. The molecule has 6 nitrogen and oxygen atoms in total. The van der Waals surface area contributed by atoms with Crippen LogP contribution in [0, 0.1) is 11.6 Å². The van der Waals surface area contributed by atoms with Crippen LogP contribution in [0.25, 0.3) is 6.08 Å². The molecule has 0 heterocycles. The van der Waals surface area contributed by atoms with Gasteiger partial charge in [-0.3, -0.25) is 4.79 Å². The summed E-state index contributed by atoms with van der Waals surface area (Å²) < 4.78 is 66.0. The monoisotopic (exact) mass is 413 g/mol. The molecule has 154 valence electrons. The van der Waals surface area contributed by atoms with E-state index in [0.29, 0.717) is 0 Å². The molecule has 0 radical (unpaired) electrons. The van der Waals surface area contributed by atoms with Crippen LogP contribution in [0.1, 0.15) is 5.56 Å². The second-order valence-corrected chi connectivity index (χ2v) is 5.34. The van der Waals surface area contributed by atoms with Gasteiger partial charge in [0.1, 0.15) is 17.3 Å². The topological polar surface area (TPSA) is 73.9 Å². The van der Waals surface area contributed by atoms with Gasteiger partial charge in [-0.25, -0.2) is 13.6 Å². The molecule has 2 rings (SSSR count). The summed E-state index contributed by atoms with van der Waals surface area (Å²) in [4.78, 5) is 23.4. The van der Waals surface area contributed by atoms with Crippen molar-refractivity contribution in [1.29, 1.82) is 0 Å². The molecule has 0 aliphatic heterocycles. The van der Waals surface area contributed by atoms with Crippen molar-refractivity contribution < 1.29 is 41.4 Å². The van der Waals surface area contributed by atoms with Crippen molar-refractivity contribution in [2.75, 3.05) is 19.0 Å². The minimum Gasteiger partial charge on any atom is -0.493 e. The van der Waals surface area contributed by atoms with Gasteiger partial charge in [0.25, 0.3) is 5.91 Å². The van der Waals surface area contributed by atoms with Crippen molar-refractivity contribution in [3.8, 4) is 11.5 Å². The highest BCUT2D eigenvalue weighted by Crippen LogP contribution is 2.33. The first kappa shape index (κ1) is 21.7. The summed E-state index contributed by atoms with van der Waals surface area (Å²) in [6.07, 6.45) is 1.99. The normalized spacial score (nSPS) is 10.8. The van der Waals surface area contributed by atoms with Crippen LogP contribution in [-0.2, 0) is 14.3 Å². The Hall–Kier alpha value is -3.56. The predicted molar refractivity (Wildman–Crippen MR) is 94.6 cm³/mol. The fraction of sp³-hybridized carbons (Fsp3) is 0.158. The fourth-order valence-corrected chi connectivity index (χ4v) is 2.18. The maximum Gasteiger partial charge on any atom is 0.387 e. The summed E-state index contributed by atoms with van der Waals surface area (Å²) in [5.41, 5.74) is -0.575. The number of carbonyl (C=O) groups excluding carboxylic acids is 2. The number of esters is 1. The number of anilines is 1. The molecule has 0 saturated carbocycles. The molecule has 1 N–H and O–H groups in total. The Labute approximate surface area is 162 Å². The number of benzene rings is 2. The zero-order valence-corrected chi connectivity index (χ0v) is 15.0. The SMILES string of the molecule is COc1cccc(/C=C/C(=O)OCC(=O)Nc2c(F)cccc2F)c1OC(F)F. The number of hydrogen-bond acceptors (Lipinski definition) is 5. The van der Waals surface area contributed by atoms with Crippen molar-refractivity contribution in [3.05, 3.63) is 59.7 Å². The molecule has 0 aliphatic rings. The minimum atomic E-state index is -3.12. The van der Waals surface area contributed by atoms with Gasteiger partial charge in [-0.1, -0.05) is 18.2 Å². The maximum atomic E-state index is 13.5. The van der Waals surface area contributed by atoms with Crippen LogP contribution in [0.3, 0.4) is 0 Å². The van der Waals surface area contributed by atoms with E-state index in [4.69, 9.17) is 4.74 Å². The first-order valence-electron chi connectivity index (χ1n) is 8.02. The van der Waals surface area contributed by atoms with Crippen LogP contribution in [0.15, 0.2) is 42.5 Å². The molecular weight excluding hydrogens is 398 g/mol. The van der Waals surface area contributed by atoms with Crippen LogP contribution in [-0.4, -0.2) is 32.2 Å². The molecule has 0 aliphatic carbocycles. The van der Waals surface area contributed by atoms with E-state index in [1.807, 2.05) is 5.32 Å². The lowest BCUT2D eigenvalue weighted by molar-refractivity contribution is -0.142. The number of amides is 1. The third-order valence-corrected chi connectivity index (χ3v) is 3.41. The quantitative estimate of drug-likeness (QED) is 0.405. The van der Waals surface area contributed by atoms with Crippen LogP contribution in [0.2, 0.25) is 0 Å². The highest BCUT2D eigenvalue weighted by atomic mass is 19.3. The third kappa shape index (κ3) is 6.23. The molecule has 0 fully saturated rings. The van der Waals surface area contributed by atoms with Crippen molar-refractivity contribution in [2.45, 2.75) is 6.61 Å². The lowest BCUT2D eigenvalue weighted by atomic mass is 10.1. The van der Waals surface area contributed by atoms with Gasteiger partial charge in [-0.15, -0.1) is 0 Å². The molecule has 0 spiro atoms. The largest absolute Gasteiger partial charge is 0.493 e. The van der Waals surface area contributed by atoms with Gasteiger partial charge in [0.15, 0.2) is 18.1 Å². The molecule has 1 amide bonds. The number of rotatable bonds is 8. The van der Waals surface area contributed by atoms with Gasteiger partial charge in [-0.2, -0.15) is 8.78 Å². The van der Waals surface area contributed by atoms with E-state index in [1.54, 1.807) is 0 Å². The standard InChI is InChI=1S/C19H15F4NO5/c1-27-14-7-2-4-11(18(14)29-19(22)23)8-9-16(26)28-10-15(25)24-17-12(20)5-3-6-13(17)21/h2-9,19H,10H2,1H3,(H,24,25)/b9-8+. The summed E-state index contributed by atoms with van der Waals surface area (Å²) in [5, 5.41) is 1.94. The number of alkyl halides is 2. The molecule has 0 atom stereocenters. The summed E-state index contributed by atoms with van der Waals surface area (Å²) in [7, 11) is 1.26. The Kier molecular flexibility index (Phi) is 7.58. The van der Waals surface area contributed by atoms with Gasteiger partial charge in [-0.05, 0) is 24.3 Å². The molecule has 0 saturated heterocycles. The van der Waals surface area contributed by atoms with Crippen LogP contribution in [0.4, 0.5) is 23.2 Å². The average Bonchev–Trinajstić information content (AvgIpc) is 2.68. The van der Waals surface area contributed by atoms with E-state index in [2.05, 4.69) is 9.47 Å². The maximum absolute atomic E-state index is 13.5. The summed E-state index contributed by atoms with van der Waals surface area (Å²) in [5.74, 6) is -4.23. The average molecular weight is 413 g/mol. The summed E-state index contributed by atoms with van der Waals surface area (Å²) in [6.45, 7) is -3.94. The Morgan fingerprint density at radius 3 is 2.38 bits per heavy atom. The highest BCUT2D eigenvalue weighted by molar-refractivity contribution is 5.95. The molecule has 10 heteroatoms. The minimum absolute atomic E-state index is 0.0205. The van der Waals surface area contributed by atoms with E-state index in [9.17, 15) is 27.2 Å². The van der Waals surface area contributed by atoms with Crippen molar-refractivity contribution in [3.63, 3.8) is 0 Å². The van der Waals surface area contributed by atoms with Crippen molar-refractivity contribution in [2.24, 2.45) is 0 Å². The highest BCUT2D eigenvalue weighted by Gasteiger charge is 2.15. The number of nitrogens with one attached hydrogen (secondary N) is 1. The van der Waals surface area contributed by atoms with E-state index in [0.717, 1.165) is 30.4 Å². The zero-order valence-electron chi connectivity index (χ0n) is 15.0. The van der Waals surface area contributed by atoms with Crippen LogP contribution in [0.5, 0.6) is 11.5 Å². The third-order valence-electron chi connectivity index (χ3n) is 3.41. The van der Waals surface area contributed by atoms with Gasteiger partial charge < -0.3 is 19.5 Å². The molecule has 0 unspecified atom stereocenters. The Balaban J connectivity index is 1.99. The fourth-order valence-electron chi connectivity index (χ4n) is 2.18. The van der Waals surface area contributed by atoms with Gasteiger partial charge in [0.2, 0.25) is 0 Å². The van der Waals surface area contributed by atoms with Gasteiger partial charge in [0.05, 0.1) is 7.11 Å². The van der Waals surface area contributed by atoms with Crippen LogP contribution < -0.4 is 14.8 Å². The Bertz CT molecular complexity index is 897. The van der Waals surface area contributed by atoms with E-state index < -0.39 is 42.4 Å². The van der Waals surface area contributed by atoms with E-state index in [-0.39, 0.29) is 17.1 Å².